The van der Waals surface area contributed by atoms with Crippen molar-refractivity contribution in [2.24, 2.45) is 0 Å². The fourth-order valence-electron chi connectivity index (χ4n) is 1.39. The first-order chi connectivity index (χ1) is 7.27. The fraction of sp³-hybridized carbons (Fsp3) is 0.500. The highest BCUT2D eigenvalue weighted by Crippen LogP contribution is 2.16. The Morgan fingerprint density at radius 1 is 1.33 bits per heavy atom. The molecule has 0 heterocycles. The van der Waals surface area contributed by atoms with Gasteiger partial charge in [-0.1, -0.05) is 35.0 Å². The molecule has 1 rings (SSSR count). The van der Waals surface area contributed by atoms with E-state index >= 15 is 0 Å². The molecule has 0 radical (unpaired) electrons. The summed E-state index contributed by atoms with van der Waals surface area (Å²) in [6.45, 7) is 3.68. The summed E-state index contributed by atoms with van der Waals surface area (Å²) < 4.78 is 6.65. The van der Waals surface area contributed by atoms with Crippen molar-refractivity contribution in [2.75, 3.05) is 20.3 Å². The normalized spacial score (nSPS) is 12.7. The standard InChI is InChI=1S/C12H18BrNO/c1-3-8-15-9-12(14-2)10-4-6-11(13)7-5-10/h4-7,12,14H,3,8-9H2,1-2H3. The van der Waals surface area contributed by atoms with Crippen LogP contribution in [-0.4, -0.2) is 20.3 Å². The third kappa shape index (κ3) is 4.33. The van der Waals surface area contributed by atoms with E-state index in [-0.39, 0.29) is 6.04 Å². The second-order valence-electron chi connectivity index (χ2n) is 3.47. The van der Waals surface area contributed by atoms with E-state index in [2.05, 4.69) is 52.4 Å². The van der Waals surface area contributed by atoms with Gasteiger partial charge < -0.3 is 10.1 Å². The summed E-state index contributed by atoms with van der Waals surface area (Å²) in [6.07, 6.45) is 1.07. The molecule has 1 atom stereocenters. The average molecular weight is 272 g/mol. The highest BCUT2D eigenvalue weighted by Gasteiger charge is 2.08. The van der Waals surface area contributed by atoms with Gasteiger partial charge in [0.1, 0.15) is 0 Å². The zero-order valence-electron chi connectivity index (χ0n) is 9.29. The number of hydrogen-bond acceptors (Lipinski definition) is 2. The minimum absolute atomic E-state index is 0.282. The van der Waals surface area contributed by atoms with E-state index in [1.54, 1.807) is 0 Å². The molecule has 1 aromatic rings. The molecule has 0 aromatic heterocycles. The van der Waals surface area contributed by atoms with Crippen molar-refractivity contribution in [3.05, 3.63) is 34.3 Å². The number of likely N-dealkylation sites (N-methyl/N-ethyl adjacent to an activating group) is 1. The minimum Gasteiger partial charge on any atom is -0.379 e. The van der Waals surface area contributed by atoms with Gasteiger partial charge in [-0.2, -0.15) is 0 Å². The first-order valence-electron chi connectivity index (χ1n) is 5.28. The molecule has 0 saturated carbocycles. The molecule has 1 N–H and O–H groups in total. The number of rotatable bonds is 6. The minimum atomic E-state index is 0.282. The summed E-state index contributed by atoms with van der Waals surface area (Å²) >= 11 is 3.43. The van der Waals surface area contributed by atoms with Crippen molar-refractivity contribution in [2.45, 2.75) is 19.4 Å². The molecule has 84 valence electrons. The van der Waals surface area contributed by atoms with Crippen molar-refractivity contribution in [1.29, 1.82) is 0 Å². The summed E-state index contributed by atoms with van der Waals surface area (Å²) in [6, 6.07) is 8.62. The van der Waals surface area contributed by atoms with Crippen LogP contribution in [0.4, 0.5) is 0 Å². The SMILES string of the molecule is CCCOCC(NC)c1ccc(Br)cc1. The smallest absolute Gasteiger partial charge is 0.0661 e. The van der Waals surface area contributed by atoms with Crippen molar-refractivity contribution in [3.63, 3.8) is 0 Å². The van der Waals surface area contributed by atoms with E-state index in [1.165, 1.54) is 5.56 Å². The number of halogens is 1. The Bertz CT molecular complexity index is 273. The van der Waals surface area contributed by atoms with Crippen molar-refractivity contribution < 1.29 is 4.74 Å². The van der Waals surface area contributed by atoms with Crippen LogP contribution in [0.3, 0.4) is 0 Å². The zero-order chi connectivity index (χ0) is 11.1. The Balaban J connectivity index is 2.53. The molecule has 0 fully saturated rings. The lowest BCUT2D eigenvalue weighted by Gasteiger charge is -2.16. The molecule has 0 spiro atoms. The van der Waals surface area contributed by atoms with E-state index in [0.29, 0.717) is 0 Å². The molecule has 0 aliphatic heterocycles. The van der Waals surface area contributed by atoms with Crippen LogP contribution in [0, 0.1) is 0 Å². The van der Waals surface area contributed by atoms with Crippen LogP contribution in [0.15, 0.2) is 28.7 Å². The first-order valence-corrected chi connectivity index (χ1v) is 6.07. The lowest BCUT2D eigenvalue weighted by molar-refractivity contribution is 0.114. The highest BCUT2D eigenvalue weighted by molar-refractivity contribution is 9.10. The predicted octanol–water partition coefficient (Wildman–Crippen LogP) is 3.14. The molecule has 1 aromatic carbocycles. The quantitative estimate of drug-likeness (QED) is 0.803. The van der Waals surface area contributed by atoms with Crippen LogP contribution in [-0.2, 0) is 4.74 Å². The number of ether oxygens (including phenoxy) is 1. The average Bonchev–Trinajstić information content (AvgIpc) is 2.26. The zero-order valence-corrected chi connectivity index (χ0v) is 10.9. The van der Waals surface area contributed by atoms with Crippen LogP contribution in [0.2, 0.25) is 0 Å². The fourth-order valence-corrected chi connectivity index (χ4v) is 1.65. The molecule has 3 heteroatoms. The summed E-state index contributed by atoms with van der Waals surface area (Å²) in [5.41, 5.74) is 1.26. The van der Waals surface area contributed by atoms with Gasteiger partial charge in [-0.3, -0.25) is 0 Å². The summed E-state index contributed by atoms with van der Waals surface area (Å²) in [4.78, 5) is 0. The third-order valence-electron chi connectivity index (χ3n) is 2.25. The number of nitrogens with one attached hydrogen (secondary N) is 1. The van der Waals surface area contributed by atoms with Crippen LogP contribution >= 0.6 is 15.9 Å². The molecular formula is C12H18BrNO. The van der Waals surface area contributed by atoms with Gasteiger partial charge >= 0.3 is 0 Å². The molecule has 0 aliphatic carbocycles. The monoisotopic (exact) mass is 271 g/mol. The molecule has 0 aliphatic rings. The van der Waals surface area contributed by atoms with E-state index < -0.39 is 0 Å². The van der Waals surface area contributed by atoms with Gasteiger partial charge in [-0.05, 0) is 31.2 Å². The molecule has 1 unspecified atom stereocenters. The van der Waals surface area contributed by atoms with Crippen LogP contribution in [0.5, 0.6) is 0 Å². The largest absolute Gasteiger partial charge is 0.379 e. The second-order valence-corrected chi connectivity index (χ2v) is 4.38. The Morgan fingerprint density at radius 2 is 2.00 bits per heavy atom. The van der Waals surface area contributed by atoms with Crippen LogP contribution in [0.25, 0.3) is 0 Å². The Kier molecular flexibility index (Phi) is 5.91. The third-order valence-corrected chi connectivity index (χ3v) is 2.78. The van der Waals surface area contributed by atoms with E-state index in [4.69, 9.17) is 4.74 Å². The van der Waals surface area contributed by atoms with E-state index in [0.717, 1.165) is 24.1 Å². The Labute approximate surface area is 100 Å². The number of benzene rings is 1. The van der Waals surface area contributed by atoms with Crippen molar-refractivity contribution >= 4 is 15.9 Å². The molecule has 15 heavy (non-hydrogen) atoms. The summed E-state index contributed by atoms with van der Waals surface area (Å²) in [5.74, 6) is 0. The molecule has 0 amide bonds. The van der Waals surface area contributed by atoms with E-state index in [1.807, 2.05) is 7.05 Å². The van der Waals surface area contributed by atoms with Gasteiger partial charge in [0.2, 0.25) is 0 Å². The molecular weight excluding hydrogens is 254 g/mol. The van der Waals surface area contributed by atoms with Crippen molar-refractivity contribution in [1.82, 2.24) is 5.32 Å². The molecule has 0 saturated heterocycles. The summed E-state index contributed by atoms with van der Waals surface area (Å²) in [5, 5.41) is 3.26. The van der Waals surface area contributed by atoms with Gasteiger partial charge in [0, 0.05) is 11.1 Å². The summed E-state index contributed by atoms with van der Waals surface area (Å²) in [7, 11) is 1.96. The van der Waals surface area contributed by atoms with Gasteiger partial charge in [-0.15, -0.1) is 0 Å². The van der Waals surface area contributed by atoms with Gasteiger partial charge in [-0.25, -0.2) is 0 Å². The Hall–Kier alpha value is -0.380. The maximum Gasteiger partial charge on any atom is 0.0661 e. The molecule has 0 bridgehead atoms. The predicted molar refractivity (Wildman–Crippen MR) is 67.1 cm³/mol. The van der Waals surface area contributed by atoms with Gasteiger partial charge in [0.25, 0.3) is 0 Å². The van der Waals surface area contributed by atoms with Gasteiger partial charge in [0.15, 0.2) is 0 Å². The highest BCUT2D eigenvalue weighted by atomic mass is 79.9. The first kappa shape index (κ1) is 12.7. The lowest BCUT2D eigenvalue weighted by atomic mass is 10.1. The topological polar surface area (TPSA) is 21.3 Å². The maximum atomic E-state index is 5.55. The lowest BCUT2D eigenvalue weighted by Crippen LogP contribution is -2.21. The Morgan fingerprint density at radius 3 is 2.53 bits per heavy atom. The van der Waals surface area contributed by atoms with Crippen molar-refractivity contribution in [3.8, 4) is 0 Å². The van der Waals surface area contributed by atoms with Gasteiger partial charge in [0.05, 0.1) is 12.6 Å². The number of hydrogen-bond donors (Lipinski definition) is 1. The van der Waals surface area contributed by atoms with Crippen LogP contribution in [0.1, 0.15) is 24.9 Å². The molecule has 2 nitrogen and oxygen atoms in total. The maximum absolute atomic E-state index is 5.55. The van der Waals surface area contributed by atoms with Crippen LogP contribution < -0.4 is 5.32 Å². The van der Waals surface area contributed by atoms with E-state index in [9.17, 15) is 0 Å². The second kappa shape index (κ2) is 6.99.